The van der Waals surface area contributed by atoms with Crippen LogP contribution in [0.1, 0.15) is 23.6 Å². The third-order valence-electron chi connectivity index (χ3n) is 3.36. The van der Waals surface area contributed by atoms with Gasteiger partial charge in [0.2, 0.25) is 0 Å². The molecule has 2 aromatic rings. The van der Waals surface area contributed by atoms with Gasteiger partial charge in [-0.15, -0.1) is 0 Å². The Kier molecular flexibility index (Phi) is 3.78. The molecule has 0 aliphatic heterocycles. The number of aliphatic hydroxyl groups is 1. The lowest BCUT2D eigenvalue weighted by Crippen LogP contribution is -2.42. The fraction of sp³-hybridized carbons (Fsp3) is 0.188. The highest BCUT2D eigenvalue weighted by Gasteiger charge is 2.38. The zero-order chi connectivity index (χ0) is 15.7. The van der Waals surface area contributed by atoms with Crippen LogP contribution in [0.15, 0.2) is 54.6 Å². The van der Waals surface area contributed by atoms with Crippen LogP contribution < -0.4 is 5.73 Å². The summed E-state index contributed by atoms with van der Waals surface area (Å²) >= 11 is 0. The van der Waals surface area contributed by atoms with Gasteiger partial charge in [-0.1, -0.05) is 54.6 Å². The average Bonchev–Trinajstić information content (AvgIpc) is 2.46. The van der Waals surface area contributed by atoms with Gasteiger partial charge >= 0.3 is 0 Å². The second-order valence-corrected chi connectivity index (χ2v) is 4.91. The number of primary amides is 1. The highest BCUT2D eigenvalue weighted by atomic mass is 19.3. The molecule has 0 bridgehead atoms. The van der Waals surface area contributed by atoms with Gasteiger partial charge in [0.05, 0.1) is 0 Å². The van der Waals surface area contributed by atoms with Crippen molar-refractivity contribution in [2.24, 2.45) is 5.73 Å². The van der Waals surface area contributed by atoms with Crippen LogP contribution in [0.4, 0.5) is 8.78 Å². The number of nitrogens with two attached hydrogens (primary N) is 1. The van der Waals surface area contributed by atoms with Crippen LogP contribution in [0.3, 0.4) is 0 Å². The van der Waals surface area contributed by atoms with Gasteiger partial charge in [0.25, 0.3) is 11.8 Å². The van der Waals surface area contributed by atoms with E-state index < -0.39 is 17.4 Å². The van der Waals surface area contributed by atoms with E-state index in [1.165, 1.54) is 24.3 Å². The van der Waals surface area contributed by atoms with Gasteiger partial charge in [0.15, 0.2) is 5.60 Å². The SMILES string of the molecule is CC(F)(F)c1ccc(C(O)(C(N)=O)c2ccccc2)cc1. The van der Waals surface area contributed by atoms with Gasteiger partial charge in [0, 0.05) is 12.5 Å². The highest BCUT2D eigenvalue weighted by molar-refractivity contribution is 5.88. The van der Waals surface area contributed by atoms with E-state index in [9.17, 15) is 18.7 Å². The molecule has 0 aliphatic rings. The summed E-state index contributed by atoms with van der Waals surface area (Å²) < 4.78 is 26.4. The molecule has 0 radical (unpaired) electrons. The standard InChI is InChI=1S/C16H15F2NO2/c1-15(17,18)11-7-9-13(10-8-11)16(21,14(19)20)12-5-3-2-4-6-12/h2-10,21H,1H3,(H2,19,20). The van der Waals surface area contributed by atoms with E-state index in [-0.39, 0.29) is 16.7 Å². The summed E-state index contributed by atoms with van der Waals surface area (Å²) in [4.78, 5) is 11.7. The van der Waals surface area contributed by atoms with Gasteiger partial charge in [-0.05, 0) is 11.1 Å². The molecule has 2 aromatic carbocycles. The number of hydrogen-bond acceptors (Lipinski definition) is 2. The first-order valence-electron chi connectivity index (χ1n) is 6.33. The first kappa shape index (κ1) is 15.1. The molecule has 3 nitrogen and oxygen atoms in total. The molecule has 110 valence electrons. The van der Waals surface area contributed by atoms with Gasteiger partial charge in [-0.3, -0.25) is 4.79 Å². The number of carbonyl (C=O) groups excluding carboxylic acids is 1. The zero-order valence-corrected chi connectivity index (χ0v) is 11.4. The molecule has 0 saturated carbocycles. The minimum absolute atomic E-state index is 0.147. The number of halogens is 2. The van der Waals surface area contributed by atoms with E-state index in [1.54, 1.807) is 30.3 Å². The third-order valence-corrected chi connectivity index (χ3v) is 3.36. The van der Waals surface area contributed by atoms with E-state index in [1.807, 2.05) is 0 Å². The molecule has 2 rings (SSSR count). The first-order chi connectivity index (χ1) is 9.76. The normalized spacial score (nSPS) is 14.5. The summed E-state index contributed by atoms with van der Waals surface area (Å²) in [6, 6.07) is 13.0. The minimum atomic E-state index is -2.99. The Balaban J connectivity index is 2.52. The van der Waals surface area contributed by atoms with Crippen LogP contribution in [0.5, 0.6) is 0 Å². The topological polar surface area (TPSA) is 63.3 Å². The molecule has 3 N–H and O–H groups in total. The van der Waals surface area contributed by atoms with Crippen LogP contribution in [-0.4, -0.2) is 11.0 Å². The van der Waals surface area contributed by atoms with Crippen molar-refractivity contribution in [3.8, 4) is 0 Å². The van der Waals surface area contributed by atoms with Gasteiger partial charge in [-0.2, -0.15) is 0 Å². The van der Waals surface area contributed by atoms with Crippen molar-refractivity contribution in [3.05, 3.63) is 71.3 Å². The average molecular weight is 291 g/mol. The van der Waals surface area contributed by atoms with E-state index in [0.717, 1.165) is 6.92 Å². The Morgan fingerprint density at radius 2 is 1.38 bits per heavy atom. The second kappa shape index (κ2) is 5.26. The van der Waals surface area contributed by atoms with E-state index >= 15 is 0 Å². The quantitative estimate of drug-likeness (QED) is 0.909. The fourth-order valence-corrected chi connectivity index (χ4v) is 2.13. The molecule has 1 atom stereocenters. The maximum Gasteiger partial charge on any atom is 0.270 e. The van der Waals surface area contributed by atoms with Crippen molar-refractivity contribution in [2.75, 3.05) is 0 Å². The van der Waals surface area contributed by atoms with Crippen LogP contribution in [0.2, 0.25) is 0 Å². The van der Waals surface area contributed by atoms with Crippen molar-refractivity contribution >= 4 is 5.91 Å². The molecule has 0 fully saturated rings. The molecule has 5 heteroatoms. The van der Waals surface area contributed by atoms with E-state index in [4.69, 9.17) is 5.73 Å². The smallest absolute Gasteiger partial charge is 0.270 e. The van der Waals surface area contributed by atoms with Gasteiger partial charge in [-0.25, -0.2) is 8.78 Å². The lowest BCUT2D eigenvalue weighted by atomic mass is 9.85. The first-order valence-corrected chi connectivity index (χ1v) is 6.33. The Morgan fingerprint density at radius 3 is 1.81 bits per heavy atom. The molecule has 21 heavy (non-hydrogen) atoms. The largest absolute Gasteiger partial charge is 0.372 e. The van der Waals surface area contributed by atoms with Crippen molar-refractivity contribution in [1.29, 1.82) is 0 Å². The van der Waals surface area contributed by atoms with Crippen molar-refractivity contribution < 1.29 is 18.7 Å². The Bertz CT molecular complexity index is 636. The van der Waals surface area contributed by atoms with E-state index in [2.05, 4.69) is 0 Å². The lowest BCUT2D eigenvalue weighted by molar-refractivity contribution is -0.133. The summed E-state index contributed by atoms with van der Waals surface area (Å²) in [6.45, 7) is 0.777. The van der Waals surface area contributed by atoms with E-state index in [0.29, 0.717) is 0 Å². The number of hydrogen-bond donors (Lipinski definition) is 2. The molecule has 0 saturated heterocycles. The molecular formula is C16H15F2NO2. The summed E-state index contributed by atoms with van der Waals surface area (Å²) in [7, 11) is 0. The maximum absolute atomic E-state index is 13.2. The van der Waals surface area contributed by atoms with Gasteiger partial charge in [0.1, 0.15) is 0 Å². The van der Waals surface area contributed by atoms with Crippen LogP contribution >= 0.6 is 0 Å². The molecule has 1 unspecified atom stereocenters. The lowest BCUT2D eigenvalue weighted by Gasteiger charge is -2.26. The number of benzene rings is 2. The molecule has 0 aromatic heterocycles. The predicted molar refractivity (Wildman–Crippen MR) is 74.6 cm³/mol. The summed E-state index contributed by atoms with van der Waals surface area (Å²) in [5, 5.41) is 10.7. The summed E-state index contributed by atoms with van der Waals surface area (Å²) in [5.74, 6) is -3.96. The summed E-state index contributed by atoms with van der Waals surface area (Å²) in [5.41, 5.74) is 3.50. The van der Waals surface area contributed by atoms with Crippen molar-refractivity contribution in [1.82, 2.24) is 0 Å². The molecular weight excluding hydrogens is 276 g/mol. The number of carbonyl (C=O) groups is 1. The fourth-order valence-electron chi connectivity index (χ4n) is 2.13. The second-order valence-electron chi connectivity index (χ2n) is 4.91. The Labute approximate surface area is 121 Å². The monoisotopic (exact) mass is 291 g/mol. The van der Waals surface area contributed by atoms with Crippen LogP contribution in [0, 0.1) is 0 Å². The van der Waals surface area contributed by atoms with Gasteiger partial charge < -0.3 is 10.8 Å². The molecule has 0 aliphatic carbocycles. The maximum atomic E-state index is 13.2. The highest BCUT2D eigenvalue weighted by Crippen LogP contribution is 2.32. The third kappa shape index (κ3) is 2.78. The van der Waals surface area contributed by atoms with Crippen LogP contribution in [-0.2, 0) is 16.3 Å². The molecule has 0 heterocycles. The number of amides is 1. The number of alkyl halides is 2. The minimum Gasteiger partial charge on any atom is -0.372 e. The van der Waals surface area contributed by atoms with Crippen molar-refractivity contribution in [2.45, 2.75) is 18.4 Å². The molecule has 1 amide bonds. The predicted octanol–water partition coefficient (Wildman–Crippen LogP) is 2.52. The Morgan fingerprint density at radius 1 is 0.952 bits per heavy atom. The number of rotatable bonds is 4. The summed E-state index contributed by atoms with van der Waals surface area (Å²) in [6.07, 6.45) is 0. The molecule has 0 spiro atoms. The Hall–Kier alpha value is -2.27. The van der Waals surface area contributed by atoms with Crippen LogP contribution in [0.25, 0.3) is 0 Å². The zero-order valence-electron chi connectivity index (χ0n) is 11.4. The van der Waals surface area contributed by atoms with Crippen molar-refractivity contribution in [3.63, 3.8) is 0 Å².